The highest BCUT2D eigenvalue weighted by atomic mass is 19.2. The van der Waals surface area contributed by atoms with Crippen molar-refractivity contribution in [2.75, 3.05) is 5.32 Å². The third-order valence-electron chi connectivity index (χ3n) is 2.30. The average molecular weight is 269 g/mol. The standard InChI is InChI=1S/C11H12F5NO/c1-4(3-5(2)18)17-11-9(15)7(13)6(12)8(14)10(11)16/h4-5,17-18H,3H2,1-2H3. The van der Waals surface area contributed by atoms with Crippen molar-refractivity contribution in [1.82, 2.24) is 0 Å². The average Bonchev–Trinajstić information content (AvgIpc) is 2.29. The first-order valence-corrected chi connectivity index (χ1v) is 5.21. The Morgan fingerprint density at radius 1 is 0.889 bits per heavy atom. The first-order valence-electron chi connectivity index (χ1n) is 5.21. The van der Waals surface area contributed by atoms with Crippen LogP contribution in [0, 0.1) is 29.1 Å². The number of aliphatic hydroxyl groups is 1. The molecule has 0 bridgehead atoms. The summed E-state index contributed by atoms with van der Waals surface area (Å²) in [5, 5.41) is 11.2. The van der Waals surface area contributed by atoms with Gasteiger partial charge in [0.1, 0.15) is 5.69 Å². The number of anilines is 1. The maximum absolute atomic E-state index is 13.3. The van der Waals surface area contributed by atoms with E-state index in [2.05, 4.69) is 5.32 Å². The van der Waals surface area contributed by atoms with Gasteiger partial charge in [0, 0.05) is 6.04 Å². The molecule has 0 saturated carbocycles. The molecule has 0 aromatic heterocycles. The lowest BCUT2D eigenvalue weighted by Crippen LogP contribution is -2.23. The predicted octanol–water partition coefficient (Wildman–Crippen LogP) is 2.95. The molecular weight excluding hydrogens is 257 g/mol. The summed E-state index contributed by atoms with van der Waals surface area (Å²) in [6, 6.07) is -0.654. The molecule has 1 rings (SSSR count). The van der Waals surface area contributed by atoms with Crippen LogP contribution in [0.25, 0.3) is 0 Å². The molecule has 18 heavy (non-hydrogen) atoms. The Morgan fingerprint density at radius 3 is 1.67 bits per heavy atom. The Kier molecular flexibility index (Phi) is 4.50. The normalized spacial score (nSPS) is 14.4. The van der Waals surface area contributed by atoms with Crippen LogP contribution in [0.15, 0.2) is 0 Å². The summed E-state index contributed by atoms with van der Waals surface area (Å²) >= 11 is 0. The number of aliphatic hydroxyl groups excluding tert-OH is 1. The lowest BCUT2D eigenvalue weighted by molar-refractivity contribution is 0.179. The third-order valence-corrected chi connectivity index (χ3v) is 2.30. The van der Waals surface area contributed by atoms with Gasteiger partial charge in [0.25, 0.3) is 0 Å². The first kappa shape index (κ1) is 14.7. The molecule has 2 N–H and O–H groups in total. The number of hydrogen-bond acceptors (Lipinski definition) is 2. The Bertz CT molecular complexity index is 421. The molecule has 2 nitrogen and oxygen atoms in total. The molecule has 0 saturated heterocycles. The quantitative estimate of drug-likeness (QED) is 0.500. The van der Waals surface area contributed by atoms with Gasteiger partial charge in [-0.25, -0.2) is 22.0 Å². The summed E-state index contributed by atoms with van der Waals surface area (Å²) in [6.07, 6.45) is -0.673. The molecular formula is C11H12F5NO. The van der Waals surface area contributed by atoms with Gasteiger partial charge in [-0.1, -0.05) is 0 Å². The Hall–Kier alpha value is -1.37. The largest absolute Gasteiger partial charge is 0.393 e. The number of halogens is 5. The van der Waals surface area contributed by atoms with Gasteiger partial charge in [0.2, 0.25) is 5.82 Å². The van der Waals surface area contributed by atoms with Crippen molar-refractivity contribution in [1.29, 1.82) is 0 Å². The highest BCUT2D eigenvalue weighted by Crippen LogP contribution is 2.27. The van der Waals surface area contributed by atoms with E-state index in [1.807, 2.05) is 0 Å². The second-order valence-corrected chi connectivity index (χ2v) is 4.08. The van der Waals surface area contributed by atoms with Crippen LogP contribution >= 0.6 is 0 Å². The number of nitrogens with one attached hydrogen (secondary N) is 1. The van der Waals surface area contributed by atoms with Crippen LogP contribution < -0.4 is 5.32 Å². The summed E-state index contributed by atoms with van der Waals surface area (Å²) in [4.78, 5) is 0. The van der Waals surface area contributed by atoms with Gasteiger partial charge in [0.15, 0.2) is 23.3 Å². The van der Waals surface area contributed by atoms with E-state index in [-0.39, 0.29) is 6.42 Å². The molecule has 1 aromatic rings. The van der Waals surface area contributed by atoms with Crippen molar-refractivity contribution in [2.45, 2.75) is 32.4 Å². The van der Waals surface area contributed by atoms with E-state index in [1.165, 1.54) is 13.8 Å². The van der Waals surface area contributed by atoms with Gasteiger partial charge in [-0.3, -0.25) is 0 Å². The van der Waals surface area contributed by atoms with Crippen LogP contribution in [0.1, 0.15) is 20.3 Å². The van der Waals surface area contributed by atoms with E-state index in [4.69, 9.17) is 5.11 Å². The summed E-state index contributed by atoms with van der Waals surface area (Å²) < 4.78 is 65.0. The highest BCUT2D eigenvalue weighted by Gasteiger charge is 2.26. The van der Waals surface area contributed by atoms with E-state index < -0.39 is 46.9 Å². The van der Waals surface area contributed by atoms with Crippen LogP contribution in [-0.4, -0.2) is 17.3 Å². The molecule has 102 valence electrons. The zero-order chi connectivity index (χ0) is 14.0. The Morgan fingerprint density at radius 2 is 1.28 bits per heavy atom. The van der Waals surface area contributed by atoms with Crippen molar-refractivity contribution in [3.63, 3.8) is 0 Å². The molecule has 0 fully saturated rings. The van der Waals surface area contributed by atoms with E-state index in [0.717, 1.165) is 0 Å². The molecule has 2 unspecified atom stereocenters. The molecule has 0 amide bonds. The minimum Gasteiger partial charge on any atom is -0.393 e. The minimum absolute atomic E-state index is 0.0967. The van der Waals surface area contributed by atoms with Gasteiger partial charge >= 0.3 is 0 Å². The maximum atomic E-state index is 13.3. The van der Waals surface area contributed by atoms with E-state index in [0.29, 0.717) is 0 Å². The van der Waals surface area contributed by atoms with E-state index in [9.17, 15) is 22.0 Å². The zero-order valence-electron chi connectivity index (χ0n) is 9.70. The summed E-state index contributed by atoms with van der Waals surface area (Å²) in [5.41, 5.74) is -1.08. The van der Waals surface area contributed by atoms with E-state index in [1.54, 1.807) is 0 Å². The molecule has 1 aromatic carbocycles. The van der Waals surface area contributed by atoms with Gasteiger partial charge in [0.05, 0.1) is 6.10 Å². The Labute approximate surface area is 100 Å². The molecule has 7 heteroatoms. The molecule has 0 spiro atoms. The molecule has 0 aliphatic heterocycles. The van der Waals surface area contributed by atoms with Gasteiger partial charge in [-0.05, 0) is 20.3 Å². The smallest absolute Gasteiger partial charge is 0.200 e. The second kappa shape index (κ2) is 5.51. The SMILES string of the molecule is CC(O)CC(C)Nc1c(F)c(F)c(F)c(F)c1F. The molecule has 0 heterocycles. The summed E-state index contributed by atoms with van der Waals surface area (Å²) in [5.74, 6) is -10.0. The Balaban J connectivity index is 3.10. The molecule has 0 radical (unpaired) electrons. The number of benzene rings is 1. The minimum atomic E-state index is -2.20. The predicted molar refractivity (Wildman–Crippen MR) is 55.6 cm³/mol. The third kappa shape index (κ3) is 2.90. The van der Waals surface area contributed by atoms with Crippen molar-refractivity contribution < 1.29 is 27.1 Å². The lowest BCUT2D eigenvalue weighted by atomic mass is 10.1. The maximum Gasteiger partial charge on any atom is 0.200 e. The van der Waals surface area contributed by atoms with Gasteiger partial charge < -0.3 is 10.4 Å². The van der Waals surface area contributed by atoms with Crippen molar-refractivity contribution in [2.24, 2.45) is 0 Å². The van der Waals surface area contributed by atoms with Crippen molar-refractivity contribution in [3.8, 4) is 0 Å². The van der Waals surface area contributed by atoms with Gasteiger partial charge in [-0.2, -0.15) is 0 Å². The number of hydrogen-bond donors (Lipinski definition) is 2. The fourth-order valence-corrected chi connectivity index (χ4v) is 1.55. The van der Waals surface area contributed by atoms with Gasteiger partial charge in [-0.15, -0.1) is 0 Å². The van der Waals surface area contributed by atoms with Crippen LogP contribution in [0.4, 0.5) is 27.6 Å². The van der Waals surface area contributed by atoms with Crippen molar-refractivity contribution >= 4 is 5.69 Å². The van der Waals surface area contributed by atoms with Crippen LogP contribution in [0.3, 0.4) is 0 Å². The number of rotatable bonds is 4. The summed E-state index contributed by atoms with van der Waals surface area (Å²) in [6.45, 7) is 2.89. The monoisotopic (exact) mass is 269 g/mol. The summed E-state index contributed by atoms with van der Waals surface area (Å²) in [7, 11) is 0. The zero-order valence-corrected chi connectivity index (χ0v) is 9.70. The topological polar surface area (TPSA) is 32.3 Å². The second-order valence-electron chi connectivity index (χ2n) is 4.08. The van der Waals surface area contributed by atoms with E-state index >= 15 is 0 Å². The molecule has 0 aliphatic carbocycles. The van der Waals surface area contributed by atoms with Crippen LogP contribution in [0.2, 0.25) is 0 Å². The van der Waals surface area contributed by atoms with Crippen LogP contribution in [-0.2, 0) is 0 Å². The van der Waals surface area contributed by atoms with Crippen molar-refractivity contribution in [3.05, 3.63) is 29.1 Å². The lowest BCUT2D eigenvalue weighted by Gasteiger charge is -2.18. The molecule has 2 atom stereocenters. The first-order chi connectivity index (χ1) is 8.25. The molecule has 0 aliphatic rings. The van der Waals surface area contributed by atoms with Crippen LogP contribution in [0.5, 0.6) is 0 Å². The highest BCUT2D eigenvalue weighted by molar-refractivity contribution is 5.48. The fraction of sp³-hybridized carbons (Fsp3) is 0.455. The fourth-order valence-electron chi connectivity index (χ4n) is 1.55.